The lowest BCUT2D eigenvalue weighted by atomic mass is 9.77. The molecule has 1 aliphatic carbocycles. The molecule has 5 nitrogen and oxygen atoms in total. The molecule has 1 aromatic heterocycles. The van der Waals surface area contributed by atoms with E-state index in [1.54, 1.807) is 13.0 Å². The van der Waals surface area contributed by atoms with E-state index in [9.17, 15) is 4.79 Å². The minimum Gasteiger partial charge on any atom is -0.461 e. The van der Waals surface area contributed by atoms with Crippen molar-refractivity contribution in [2.24, 2.45) is 5.41 Å². The highest BCUT2D eigenvalue weighted by Gasteiger charge is 2.38. The quantitative estimate of drug-likeness (QED) is 0.530. The molecular formula is C23H27Cl2N3O2. The van der Waals surface area contributed by atoms with Gasteiger partial charge in [0.05, 0.1) is 28.0 Å². The summed E-state index contributed by atoms with van der Waals surface area (Å²) in [6, 6.07) is 5.38. The Kier molecular flexibility index (Phi) is 6.21. The number of esters is 1. The van der Waals surface area contributed by atoms with E-state index in [0.29, 0.717) is 38.2 Å². The summed E-state index contributed by atoms with van der Waals surface area (Å²) < 4.78 is 5.31. The maximum atomic E-state index is 12.8. The van der Waals surface area contributed by atoms with Crippen molar-refractivity contribution in [3.05, 3.63) is 39.6 Å². The number of anilines is 1. The summed E-state index contributed by atoms with van der Waals surface area (Å²) in [6.07, 6.45) is 7.59. The van der Waals surface area contributed by atoms with Crippen molar-refractivity contribution in [1.29, 1.82) is 0 Å². The fourth-order valence-electron chi connectivity index (χ4n) is 4.82. The van der Waals surface area contributed by atoms with Crippen LogP contribution in [-0.4, -0.2) is 35.6 Å². The van der Waals surface area contributed by atoms with Crippen molar-refractivity contribution in [3.8, 4) is 11.3 Å². The monoisotopic (exact) mass is 447 g/mol. The SMILES string of the molecule is CCOC(=O)c1nc(-c2cccc(Cl)c2Cl)c(C)nc1N1CCC2(CCCC2)CC1. The molecule has 0 atom stereocenters. The van der Waals surface area contributed by atoms with E-state index in [2.05, 4.69) is 4.90 Å². The van der Waals surface area contributed by atoms with Crippen LogP contribution < -0.4 is 4.90 Å². The highest BCUT2D eigenvalue weighted by atomic mass is 35.5. The molecule has 0 amide bonds. The Bertz CT molecular complexity index is 948. The van der Waals surface area contributed by atoms with Gasteiger partial charge in [0.15, 0.2) is 11.5 Å². The molecule has 2 fully saturated rings. The minimum absolute atomic E-state index is 0.246. The molecule has 30 heavy (non-hydrogen) atoms. The van der Waals surface area contributed by atoms with Crippen LogP contribution in [0.3, 0.4) is 0 Å². The van der Waals surface area contributed by atoms with Crippen molar-refractivity contribution < 1.29 is 9.53 Å². The van der Waals surface area contributed by atoms with Crippen LogP contribution in [0.5, 0.6) is 0 Å². The Labute approximate surface area is 187 Å². The van der Waals surface area contributed by atoms with Crippen LogP contribution >= 0.6 is 23.2 Å². The van der Waals surface area contributed by atoms with E-state index in [0.717, 1.165) is 25.9 Å². The Balaban J connectivity index is 1.72. The molecule has 2 aromatic rings. The summed E-state index contributed by atoms with van der Waals surface area (Å²) in [4.78, 5) is 24.5. The average Bonchev–Trinajstić information content (AvgIpc) is 3.19. The molecule has 0 unspecified atom stereocenters. The number of piperidine rings is 1. The second-order valence-corrected chi connectivity index (χ2v) is 9.13. The molecule has 0 bridgehead atoms. The number of ether oxygens (including phenoxy) is 1. The predicted molar refractivity (Wildman–Crippen MR) is 121 cm³/mol. The lowest BCUT2D eigenvalue weighted by Gasteiger charge is -2.40. The van der Waals surface area contributed by atoms with Gasteiger partial charge in [-0.1, -0.05) is 48.2 Å². The van der Waals surface area contributed by atoms with Crippen molar-refractivity contribution in [1.82, 2.24) is 9.97 Å². The van der Waals surface area contributed by atoms with Gasteiger partial charge in [0.2, 0.25) is 0 Å². The molecule has 0 radical (unpaired) electrons. The summed E-state index contributed by atoms with van der Waals surface area (Å²) in [7, 11) is 0. The van der Waals surface area contributed by atoms with E-state index in [1.165, 1.54) is 25.7 Å². The Morgan fingerprint density at radius 3 is 2.50 bits per heavy atom. The van der Waals surface area contributed by atoms with E-state index in [4.69, 9.17) is 37.9 Å². The van der Waals surface area contributed by atoms with E-state index < -0.39 is 5.97 Å². The van der Waals surface area contributed by atoms with Gasteiger partial charge in [-0.3, -0.25) is 0 Å². The number of rotatable bonds is 4. The largest absolute Gasteiger partial charge is 0.461 e. The van der Waals surface area contributed by atoms with Gasteiger partial charge < -0.3 is 9.64 Å². The third-order valence-corrected chi connectivity index (χ3v) is 7.33. The summed E-state index contributed by atoms with van der Waals surface area (Å²) >= 11 is 12.6. The zero-order valence-corrected chi connectivity index (χ0v) is 19.0. The Morgan fingerprint density at radius 1 is 1.13 bits per heavy atom. The molecule has 4 rings (SSSR count). The van der Waals surface area contributed by atoms with Gasteiger partial charge in [-0.2, -0.15) is 0 Å². The highest BCUT2D eigenvalue weighted by Crippen LogP contribution is 2.47. The van der Waals surface area contributed by atoms with Gasteiger partial charge in [0, 0.05) is 18.7 Å². The van der Waals surface area contributed by atoms with Crippen LogP contribution in [0.25, 0.3) is 11.3 Å². The van der Waals surface area contributed by atoms with Gasteiger partial charge in [0.1, 0.15) is 0 Å². The van der Waals surface area contributed by atoms with E-state index in [1.807, 2.05) is 19.1 Å². The van der Waals surface area contributed by atoms with E-state index >= 15 is 0 Å². The molecule has 1 aromatic carbocycles. The van der Waals surface area contributed by atoms with Crippen molar-refractivity contribution in [2.75, 3.05) is 24.6 Å². The normalized spacial score (nSPS) is 18.1. The van der Waals surface area contributed by atoms with Crippen LogP contribution in [0.4, 0.5) is 5.82 Å². The number of aromatic nitrogens is 2. The molecule has 1 saturated carbocycles. The number of hydrogen-bond donors (Lipinski definition) is 0. The second-order valence-electron chi connectivity index (χ2n) is 8.35. The first kappa shape index (κ1) is 21.4. The Hall–Kier alpha value is -1.85. The number of carbonyl (C=O) groups is 1. The van der Waals surface area contributed by atoms with Gasteiger partial charge in [-0.15, -0.1) is 0 Å². The van der Waals surface area contributed by atoms with Gasteiger partial charge in [-0.05, 0) is 51.0 Å². The lowest BCUT2D eigenvalue weighted by Crippen LogP contribution is -2.40. The fraction of sp³-hybridized carbons (Fsp3) is 0.522. The van der Waals surface area contributed by atoms with Crippen molar-refractivity contribution in [3.63, 3.8) is 0 Å². The number of nitrogens with zero attached hydrogens (tertiary/aromatic N) is 3. The van der Waals surface area contributed by atoms with E-state index in [-0.39, 0.29) is 12.3 Å². The molecule has 1 spiro atoms. The zero-order valence-electron chi connectivity index (χ0n) is 17.5. The van der Waals surface area contributed by atoms with Crippen LogP contribution in [0, 0.1) is 12.3 Å². The molecule has 0 N–H and O–H groups in total. The smallest absolute Gasteiger partial charge is 0.360 e. The van der Waals surface area contributed by atoms with Crippen LogP contribution in [0.1, 0.15) is 61.6 Å². The Morgan fingerprint density at radius 2 is 1.83 bits per heavy atom. The zero-order chi connectivity index (χ0) is 21.3. The molecular weight excluding hydrogens is 421 g/mol. The molecule has 160 valence electrons. The average molecular weight is 448 g/mol. The number of hydrogen-bond acceptors (Lipinski definition) is 5. The first-order chi connectivity index (χ1) is 14.4. The molecule has 2 aliphatic rings. The highest BCUT2D eigenvalue weighted by molar-refractivity contribution is 6.43. The second kappa shape index (κ2) is 8.72. The standard InChI is InChI=1S/C23H27Cl2N3O2/c1-3-30-22(29)20-21(28-13-11-23(12-14-28)9-4-5-10-23)26-15(2)19(27-20)16-7-6-8-17(24)18(16)25/h6-8H,3-5,9-14H2,1-2H3. The summed E-state index contributed by atoms with van der Waals surface area (Å²) in [5.41, 5.74) is 2.66. The van der Waals surface area contributed by atoms with Gasteiger partial charge >= 0.3 is 5.97 Å². The molecule has 1 aliphatic heterocycles. The van der Waals surface area contributed by atoms with Gasteiger partial charge in [-0.25, -0.2) is 14.8 Å². The third-order valence-electron chi connectivity index (χ3n) is 6.52. The number of aryl methyl sites for hydroxylation is 1. The molecule has 1 saturated heterocycles. The summed E-state index contributed by atoms with van der Waals surface area (Å²) in [5, 5.41) is 0.843. The summed E-state index contributed by atoms with van der Waals surface area (Å²) in [6.45, 7) is 5.73. The number of benzene rings is 1. The van der Waals surface area contributed by atoms with Crippen molar-refractivity contribution >= 4 is 35.0 Å². The van der Waals surface area contributed by atoms with Crippen LogP contribution in [0.15, 0.2) is 18.2 Å². The molecule has 7 heteroatoms. The van der Waals surface area contributed by atoms with Crippen LogP contribution in [-0.2, 0) is 4.74 Å². The first-order valence-electron chi connectivity index (χ1n) is 10.7. The van der Waals surface area contributed by atoms with Crippen LogP contribution in [0.2, 0.25) is 10.0 Å². The molecule has 2 heterocycles. The first-order valence-corrected chi connectivity index (χ1v) is 11.4. The number of halogens is 2. The van der Waals surface area contributed by atoms with Crippen molar-refractivity contribution in [2.45, 2.75) is 52.4 Å². The predicted octanol–water partition coefficient (Wildman–Crippen LogP) is 6.10. The minimum atomic E-state index is -0.458. The number of carbonyl (C=O) groups excluding carboxylic acids is 1. The maximum absolute atomic E-state index is 12.8. The topological polar surface area (TPSA) is 55.3 Å². The maximum Gasteiger partial charge on any atom is 0.360 e. The third kappa shape index (κ3) is 4.02. The fourth-order valence-corrected chi connectivity index (χ4v) is 5.21. The summed E-state index contributed by atoms with van der Waals surface area (Å²) in [5.74, 6) is 0.154. The lowest BCUT2D eigenvalue weighted by molar-refractivity contribution is 0.0519. The van der Waals surface area contributed by atoms with Gasteiger partial charge in [0.25, 0.3) is 0 Å².